The SMILES string of the molecule is Cc1sc2ncnc(-c3ccc(CN4CCC(CO)C4)o3)c2c1C. The van der Waals surface area contributed by atoms with Gasteiger partial charge in [0.1, 0.15) is 22.6 Å². The number of aliphatic hydroxyl groups excluding tert-OH is 1. The number of rotatable bonds is 4. The number of furan rings is 1. The van der Waals surface area contributed by atoms with Crippen molar-refractivity contribution in [3.05, 3.63) is 34.7 Å². The number of likely N-dealkylation sites (tertiary alicyclic amines) is 1. The number of nitrogens with zero attached hydrogens (tertiary/aromatic N) is 3. The molecule has 1 atom stereocenters. The summed E-state index contributed by atoms with van der Waals surface area (Å²) in [5.74, 6) is 2.15. The van der Waals surface area contributed by atoms with E-state index in [4.69, 9.17) is 4.42 Å². The van der Waals surface area contributed by atoms with Crippen LogP contribution in [0.4, 0.5) is 0 Å². The summed E-state index contributed by atoms with van der Waals surface area (Å²) in [7, 11) is 0. The number of aryl methyl sites for hydroxylation is 2. The molecule has 0 aliphatic carbocycles. The van der Waals surface area contributed by atoms with Crippen LogP contribution in [0.3, 0.4) is 0 Å². The van der Waals surface area contributed by atoms with Crippen LogP contribution in [0.5, 0.6) is 0 Å². The summed E-state index contributed by atoms with van der Waals surface area (Å²) in [5.41, 5.74) is 2.11. The van der Waals surface area contributed by atoms with Crippen LogP contribution < -0.4 is 0 Å². The van der Waals surface area contributed by atoms with Crippen LogP contribution in [0.1, 0.15) is 22.6 Å². The molecule has 1 aliphatic heterocycles. The van der Waals surface area contributed by atoms with Gasteiger partial charge in [-0.2, -0.15) is 0 Å². The number of aliphatic hydroxyl groups is 1. The van der Waals surface area contributed by atoms with Gasteiger partial charge in [-0.3, -0.25) is 4.90 Å². The molecule has 1 unspecified atom stereocenters. The minimum Gasteiger partial charge on any atom is -0.458 e. The third-order valence-corrected chi connectivity index (χ3v) is 5.98. The summed E-state index contributed by atoms with van der Waals surface area (Å²) >= 11 is 1.70. The van der Waals surface area contributed by atoms with Crippen LogP contribution >= 0.6 is 11.3 Å². The Balaban J connectivity index is 1.61. The number of hydrogen-bond acceptors (Lipinski definition) is 6. The van der Waals surface area contributed by atoms with E-state index < -0.39 is 0 Å². The maximum atomic E-state index is 9.27. The molecule has 3 aromatic rings. The molecule has 0 spiro atoms. The molecule has 1 fully saturated rings. The molecular weight excluding hydrogens is 322 g/mol. The third-order valence-electron chi connectivity index (χ3n) is 4.87. The molecule has 0 amide bonds. The Bertz CT molecular complexity index is 870. The summed E-state index contributed by atoms with van der Waals surface area (Å²) in [6, 6.07) is 4.03. The van der Waals surface area contributed by atoms with Crippen molar-refractivity contribution in [2.45, 2.75) is 26.8 Å². The highest BCUT2D eigenvalue weighted by molar-refractivity contribution is 7.18. The van der Waals surface area contributed by atoms with E-state index in [1.807, 2.05) is 12.1 Å². The Labute approximate surface area is 145 Å². The van der Waals surface area contributed by atoms with Gasteiger partial charge < -0.3 is 9.52 Å². The highest BCUT2D eigenvalue weighted by Gasteiger charge is 2.23. The second-order valence-electron chi connectivity index (χ2n) is 6.52. The standard InChI is InChI=1S/C18H21N3O2S/c1-11-12(2)24-18-16(11)17(19-10-20-18)15-4-3-14(23-15)8-21-6-5-13(7-21)9-22/h3-4,10,13,22H,5-9H2,1-2H3. The topological polar surface area (TPSA) is 62.4 Å². The summed E-state index contributed by atoms with van der Waals surface area (Å²) < 4.78 is 6.08. The van der Waals surface area contributed by atoms with Gasteiger partial charge in [-0.1, -0.05) is 0 Å². The maximum absolute atomic E-state index is 9.27. The molecule has 0 aromatic carbocycles. The zero-order valence-corrected chi connectivity index (χ0v) is 14.8. The molecule has 0 bridgehead atoms. The lowest BCUT2D eigenvalue weighted by Crippen LogP contribution is -2.20. The molecule has 6 heteroatoms. The van der Waals surface area contributed by atoms with Gasteiger partial charge in [-0.15, -0.1) is 11.3 Å². The Morgan fingerprint density at radius 1 is 1.33 bits per heavy atom. The van der Waals surface area contributed by atoms with Gasteiger partial charge in [0.25, 0.3) is 0 Å². The van der Waals surface area contributed by atoms with Crippen molar-refractivity contribution in [3.8, 4) is 11.5 Å². The van der Waals surface area contributed by atoms with Crippen molar-refractivity contribution >= 4 is 21.6 Å². The number of hydrogen-bond donors (Lipinski definition) is 1. The monoisotopic (exact) mass is 343 g/mol. The molecular formula is C18H21N3O2S. The Hall–Kier alpha value is -1.76. The van der Waals surface area contributed by atoms with Crippen LogP contribution in [0, 0.1) is 19.8 Å². The van der Waals surface area contributed by atoms with Gasteiger partial charge in [-0.05, 0) is 50.4 Å². The lowest BCUT2D eigenvalue weighted by atomic mass is 10.1. The predicted molar refractivity (Wildman–Crippen MR) is 95.1 cm³/mol. The Morgan fingerprint density at radius 3 is 3.00 bits per heavy atom. The van der Waals surface area contributed by atoms with Gasteiger partial charge >= 0.3 is 0 Å². The molecule has 0 radical (unpaired) electrons. The van der Waals surface area contributed by atoms with E-state index in [0.717, 1.165) is 53.5 Å². The highest BCUT2D eigenvalue weighted by Crippen LogP contribution is 2.35. The van der Waals surface area contributed by atoms with Crippen LogP contribution in [-0.2, 0) is 6.54 Å². The summed E-state index contributed by atoms with van der Waals surface area (Å²) in [5, 5.41) is 10.4. The first kappa shape index (κ1) is 15.7. The zero-order chi connectivity index (χ0) is 16.7. The lowest BCUT2D eigenvalue weighted by molar-refractivity contribution is 0.216. The highest BCUT2D eigenvalue weighted by atomic mass is 32.1. The van der Waals surface area contributed by atoms with Crippen molar-refractivity contribution in [2.24, 2.45) is 5.92 Å². The first-order valence-corrected chi connectivity index (χ1v) is 9.10. The smallest absolute Gasteiger partial charge is 0.153 e. The van der Waals surface area contributed by atoms with Gasteiger partial charge in [0, 0.05) is 23.4 Å². The number of thiophene rings is 1. The fourth-order valence-electron chi connectivity index (χ4n) is 3.39. The van der Waals surface area contributed by atoms with Crippen LogP contribution in [0.25, 0.3) is 21.7 Å². The van der Waals surface area contributed by atoms with E-state index >= 15 is 0 Å². The molecule has 1 aliphatic rings. The van der Waals surface area contributed by atoms with Gasteiger partial charge in [-0.25, -0.2) is 9.97 Å². The van der Waals surface area contributed by atoms with Crippen LogP contribution in [-0.4, -0.2) is 39.7 Å². The summed E-state index contributed by atoms with van der Waals surface area (Å²) in [4.78, 5) is 13.5. The molecule has 4 rings (SSSR count). The first-order chi connectivity index (χ1) is 11.7. The molecule has 0 saturated carbocycles. The normalized spacial score (nSPS) is 18.7. The molecule has 5 nitrogen and oxygen atoms in total. The first-order valence-electron chi connectivity index (χ1n) is 8.28. The minimum atomic E-state index is 0.273. The van der Waals surface area contributed by atoms with E-state index in [0.29, 0.717) is 5.92 Å². The average molecular weight is 343 g/mol. The molecule has 24 heavy (non-hydrogen) atoms. The molecule has 3 aromatic heterocycles. The molecule has 126 valence electrons. The Morgan fingerprint density at radius 2 is 2.21 bits per heavy atom. The van der Waals surface area contributed by atoms with Crippen LogP contribution in [0.2, 0.25) is 0 Å². The largest absolute Gasteiger partial charge is 0.458 e. The van der Waals surface area contributed by atoms with E-state index in [-0.39, 0.29) is 6.61 Å². The second kappa shape index (κ2) is 6.27. The predicted octanol–water partition coefficient (Wildman–Crippen LogP) is 3.38. The van der Waals surface area contributed by atoms with Crippen molar-refractivity contribution < 1.29 is 9.52 Å². The molecule has 1 N–H and O–H groups in total. The zero-order valence-electron chi connectivity index (χ0n) is 14.0. The van der Waals surface area contributed by atoms with Crippen molar-refractivity contribution in [1.29, 1.82) is 0 Å². The second-order valence-corrected chi connectivity index (χ2v) is 7.73. The summed E-state index contributed by atoms with van der Waals surface area (Å²) in [6.45, 7) is 7.24. The quantitative estimate of drug-likeness (QED) is 0.787. The van der Waals surface area contributed by atoms with Gasteiger partial charge in [0.2, 0.25) is 0 Å². The van der Waals surface area contributed by atoms with Crippen molar-refractivity contribution in [3.63, 3.8) is 0 Å². The third kappa shape index (κ3) is 2.75. The van der Waals surface area contributed by atoms with E-state index in [1.54, 1.807) is 17.7 Å². The van der Waals surface area contributed by atoms with Crippen molar-refractivity contribution in [2.75, 3.05) is 19.7 Å². The van der Waals surface area contributed by atoms with Crippen LogP contribution in [0.15, 0.2) is 22.9 Å². The number of aromatic nitrogens is 2. The van der Waals surface area contributed by atoms with E-state index in [2.05, 4.69) is 28.7 Å². The number of fused-ring (bicyclic) bond motifs is 1. The summed E-state index contributed by atoms with van der Waals surface area (Å²) in [6.07, 6.45) is 2.67. The van der Waals surface area contributed by atoms with E-state index in [9.17, 15) is 5.11 Å². The molecule has 1 saturated heterocycles. The minimum absolute atomic E-state index is 0.273. The van der Waals surface area contributed by atoms with Gasteiger partial charge in [0.05, 0.1) is 6.54 Å². The maximum Gasteiger partial charge on any atom is 0.153 e. The van der Waals surface area contributed by atoms with Crippen molar-refractivity contribution in [1.82, 2.24) is 14.9 Å². The fourth-order valence-corrected chi connectivity index (χ4v) is 4.38. The fraction of sp³-hybridized carbons (Fsp3) is 0.444. The Kier molecular flexibility index (Phi) is 4.12. The van der Waals surface area contributed by atoms with E-state index in [1.165, 1.54) is 10.4 Å². The van der Waals surface area contributed by atoms with Gasteiger partial charge in [0.15, 0.2) is 5.76 Å². The lowest BCUT2D eigenvalue weighted by Gasteiger charge is -2.13. The average Bonchev–Trinajstić information content (AvgIpc) is 3.29. The molecule has 4 heterocycles.